The van der Waals surface area contributed by atoms with Gasteiger partial charge in [0, 0.05) is 77.2 Å². The number of hydrogen-bond donors (Lipinski definition) is 1. The van der Waals surface area contributed by atoms with Crippen molar-refractivity contribution in [3.05, 3.63) is 180 Å². The van der Waals surface area contributed by atoms with Crippen LogP contribution < -0.4 is 20.5 Å². The van der Waals surface area contributed by atoms with Crippen molar-refractivity contribution in [2.45, 2.75) is 105 Å². The number of para-hydroxylation sites is 1. The van der Waals surface area contributed by atoms with E-state index in [9.17, 15) is 0 Å². The summed E-state index contributed by atoms with van der Waals surface area (Å²) in [7, 11) is 2.47. The van der Waals surface area contributed by atoms with Crippen molar-refractivity contribution in [3.63, 3.8) is 0 Å². The normalized spacial score (nSPS) is 13.1. The van der Waals surface area contributed by atoms with Crippen LogP contribution in [0.1, 0.15) is 105 Å². The lowest BCUT2D eigenvalue weighted by molar-refractivity contribution is 0.590. The molecule has 6 heteroatoms. The molecule has 0 spiro atoms. The molecule has 1 radical (unpaired) electrons. The Labute approximate surface area is 429 Å². The van der Waals surface area contributed by atoms with E-state index in [2.05, 4.69) is 263 Å². The van der Waals surface area contributed by atoms with Crippen LogP contribution in [0.2, 0.25) is 0 Å². The average Bonchev–Trinajstić information content (AvgIpc) is 4.00. The molecule has 3 aromatic heterocycles. The Hall–Kier alpha value is -7.02. The van der Waals surface area contributed by atoms with Gasteiger partial charge in [-0.3, -0.25) is 0 Å². The second-order valence-electron chi connectivity index (χ2n) is 24.3. The first kappa shape index (κ1) is 46.1. The Morgan fingerprint density at radius 3 is 1.67 bits per heavy atom. The monoisotopic (exact) mass is 956 g/mol. The summed E-state index contributed by atoms with van der Waals surface area (Å²) in [5.41, 5.74) is 19.7. The third-order valence-electron chi connectivity index (χ3n) is 15.1. The molecule has 0 unspecified atom stereocenters. The summed E-state index contributed by atoms with van der Waals surface area (Å²) in [5, 5.41) is 10.0. The van der Waals surface area contributed by atoms with Gasteiger partial charge in [0.25, 0.3) is 0 Å². The van der Waals surface area contributed by atoms with Gasteiger partial charge >= 0.3 is 0 Å². The van der Waals surface area contributed by atoms with Crippen LogP contribution in [0.4, 0.5) is 28.4 Å². The highest BCUT2D eigenvalue weighted by molar-refractivity contribution is 7.29. The zero-order valence-electron chi connectivity index (χ0n) is 43.8. The second kappa shape index (κ2) is 16.2. The van der Waals surface area contributed by atoms with E-state index in [1.807, 2.05) is 11.3 Å². The van der Waals surface area contributed by atoms with Gasteiger partial charge in [0.05, 0.1) is 11.2 Å². The molecule has 0 atom stereocenters. The van der Waals surface area contributed by atoms with Crippen LogP contribution in [0.3, 0.4) is 0 Å². The average molecular weight is 957 g/mol. The second-order valence-corrected chi connectivity index (χ2v) is 25.3. The van der Waals surface area contributed by atoms with E-state index >= 15 is 0 Å². The fourth-order valence-corrected chi connectivity index (χ4v) is 12.0. The number of rotatable bonds is 6. The van der Waals surface area contributed by atoms with Crippen LogP contribution in [0.15, 0.2) is 162 Å². The topological polar surface area (TPSA) is 33.3 Å². The van der Waals surface area contributed by atoms with E-state index in [-0.39, 0.29) is 21.7 Å². The first-order chi connectivity index (χ1) is 34.2. The van der Waals surface area contributed by atoms with E-state index in [0.29, 0.717) is 0 Å². The SMILES string of the molecule is CC(C)(C)c1ccc(Nc2cc(N(c3ccc(C(C)(C)C)cc3)c3ccc(C(C)(C)C)cc3)ccc2-c2ccc3c4cc5c(cc4n4c3c2[B]c2sc3ccc(C(C)(C)C)cc3c2-4)oc2ccccc25)cc1. The van der Waals surface area contributed by atoms with Crippen molar-refractivity contribution in [1.29, 1.82) is 0 Å². The lowest BCUT2D eigenvalue weighted by Gasteiger charge is -2.29. The number of benzene rings is 8. The first-order valence-corrected chi connectivity index (χ1v) is 26.4. The molecule has 357 valence electrons. The molecule has 0 fully saturated rings. The predicted octanol–water partition coefficient (Wildman–Crippen LogP) is 17.9. The fourth-order valence-electron chi connectivity index (χ4n) is 10.9. The van der Waals surface area contributed by atoms with Gasteiger partial charge in [-0.05, 0) is 133 Å². The summed E-state index contributed by atoms with van der Waals surface area (Å²) < 4.78 is 11.7. The van der Waals surface area contributed by atoms with E-state index < -0.39 is 0 Å². The van der Waals surface area contributed by atoms with E-state index in [4.69, 9.17) is 4.42 Å². The standard InChI is InChI=1S/C66H63BN3OS/c1-63(2,3)39-17-24-43(25-18-39)68-54-36-46(69(44-26-19-40(20-27-44)64(4,5)6)45-28-21-41(22-29-45)65(7,8)9)30-31-47(54)49-32-33-50-51-37-52-48-15-13-14-16-56(48)71-57(52)38-55(51)70-60(50)59(49)67-62-61(70)53-35-42(66(10,11)12)23-34-58(53)72-62/h13-38,68H,1-12H3. The Bertz CT molecular complexity index is 3880. The van der Waals surface area contributed by atoms with Crippen LogP contribution in [0.5, 0.6) is 0 Å². The summed E-state index contributed by atoms with van der Waals surface area (Å²) in [6.45, 7) is 27.4. The molecule has 4 heterocycles. The summed E-state index contributed by atoms with van der Waals surface area (Å²) in [5.74, 6) is 0. The number of furan rings is 1. The molecule has 1 aliphatic heterocycles. The van der Waals surface area contributed by atoms with E-state index in [1.54, 1.807) is 0 Å². The Morgan fingerprint density at radius 1 is 0.472 bits per heavy atom. The Balaban J connectivity index is 1.10. The van der Waals surface area contributed by atoms with Crippen LogP contribution >= 0.6 is 11.3 Å². The maximum Gasteiger partial charge on any atom is 0.211 e. The van der Waals surface area contributed by atoms with Gasteiger partial charge < -0.3 is 19.2 Å². The number of fused-ring (bicyclic) bond motifs is 10. The predicted molar refractivity (Wildman–Crippen MR) is 313 cm³/mol. The van der Waals surface area contributed by atoms with Crippen molar-refractivity contribution in [2.24, 2.45) is 0 Å². The number of anilines is 5. The van der Waals surface area contributed by atoms with Crippen LogP contribution in [-0.2, 0) is 21.7 Å². The molecular formula is C66H63BN3OS. The summed E-state index contributed by atoms with van der Waals surface area (Å²) in [6.07, 6.45) is 0. The van der Waals surface area contributed by atoms with Gasteiger partial charge in [-0.25, -0.2) is 0 Å². The van der Waals surface area contributed by atoms with Crippen LogP contribution in [0.25, 0.3) is 70.6 Å². The number of aromatic nitrogens is 1. The van der Waals surface area contributed by atoms with Crippen molar-refractivity contribution in [3.8, 4) is 16.8 Å². The van der Waals surface area contributed by atoms with Gasteiger partial charge in [0.15, 0.2) is 0 Å². The largest absolute Gasteiger partial charge is 0.456 e. The molecule has 11 aromatic rings. The number of hydrogen-bond acceptors (Lipinski definition) is 4. The van der Waals surface area contributed by atoms with Crippen LogP contribution in [-0.4, -0.2) is 11.8 Å². The van der Waals surface area contributed by atoms with E-state index in [0.717, 1.165) is 61.5 Å². The number of nitrogens with zero attached hydrogens (tertiary/aromatic N) is 2. The van der Waals surface area contributed by atoms with Crippen molar-refractivity contribution in [1.82, 2.24) is 4.57 Å². The van der Waals surface area contributed by atoms with Gasteiger partial charge in [-0.15, -0.1) is 11.3 Å². The maximum atomic E-state index is 6.62. The Morgan fingerprint density at radius 2 is 1.04 bits per heavy atom. The van der Waals surface area contributed by atoms with Gasteiger partial charge in [-0.1, -0.05) is 162 Å². The fraction of sp³-hybridized carbons (Fsp3) is 0.242. The molecule has 0 aliphatic carbocycles. The first-order valence-electron chi connectivity index (χ1n) is 25.6. The molecular weight excluding hydrogens is 894 g/mol. The Kier molecular flexibility index (Phi) is 10.4. The quantitative estimate of drug-likeness (QED) is 0.169. The number of thiophene rings is 1. The summed E-state index contributed by atoms with van der Waals surface area (Å²) in [6, 6.07) is 59.2. The third kappa shape index (κ3) is 7.73. The van der Waals surface area contributed by atoms with Crippen molar-refractivity contribution >= 4 is 111 Å². The molecule has 4 nitrogen and oxygen atoms in total. The summed E-state index contributed by atoms with van der Waals surface area (Å²) >= 11 is 1.88. The minimum absolute atomic E-state index is 0.00491. The molecule has 0 amide bonds. The molecule has 0 bridgehead atoms. The highest BCUT2D eigenvalue weighted by atomic mass is 32.1. The minimum atomic E-state index is 0.00491. The zero-order chi connectivity index (χ0) is 50.2. The zero-order valence-corrected chi connectivity index (χ0v) is 44.6. The maximum absolute atomic E-state index is 6.62. The highest BCUT2D eigenvalue weighted by Gasteiger charge is 2.31. The van der Waals surface area contributed by atoms with Gasteiger partial charge in [0.2, 0.25) is 7.28 Å². The molecule has 8 aromatic carbocycles. The molecule has 1 N–H and O–H groups in total. The van der Waals surface area contributed by atoms with Crippen LogP contribution in [0, 0.1) is 0 Å². The van der Waals surface area contributed by atoms with Crippen molar-refractivity contribution < 1.29 is 4.42 Å². The van der Waals surface area contributed by atoms with Gasteiger partial charge in [-0.2, -0.15) is 0 Å². The molecule has 72 heavy (non-hydrogen) atoms. The van der Waals surface area contributed by atoms with E-state index in [1.165, 1.54) is 70.1 Å². The van der Waals surface area contributed by atoms with Gasteiger partial charge in [0.1, 0.15) is 11.2 Å². The number of nitrogens with one attached hydrogen (secondary N) is 1. The molecule has 0 saturated heterocycles. The lowest BCUT2D eigenvalue weighted by Crippen LogP contribution is -2.35. The smallest absolute Gasteiger partial charge is 0.211 e. The molecule has 1 aliphatic rings. The third-order valence-corrected chi connectivity index (χ3v) is 16.2. The lowest BCUT2D eigenvalue weighted by atomic mass is 9.63. The highest BCUT2D eigenvalue weighted by Crippen LogP contribution is 2.46. The minimum Gasteiger partial charge on any atom is -0.456 e. The molecule has 0 saturated carbocycles. The molecule has 12 rings (SSSR count). The summed E-state index contributed by atoms with van der Waals surface area (Å²) in [4.78, 5) is 2.41. The van der Waals surface area contributed by atoms with Crippen molar-refractivity contribution in [2.75, 3.05) is 10.2 Å².